The summed E-state index contributed by atoms with van der Waals surface area (Å²) in [7, 11) is -2.85. The summed E-state index contributed by atoms with van der Waals surface area (Å²) >= 11 is 0. The largest absolute Gasteiger partial charge is 0.465 e. The van der Waals surface area contributed by atoms with E-state index in [9.17, 15) is 23.3 Å². The fourth-order valence-electron chi connectivity index (χ4n) is 2.27. The fourth-order valence-corrected chi connectivity index (χ4v) is 3.66. The van der Waals surface area contributed by atoms with Crippen molar-refractivity contribution in [3.05, 3.63) is 63.2 Å². The number of nitrogens with zero attached hydrogens (tertiary/aromatic N) is 1. The Hall–Kier alpha value is -2.94. The van der Waals surface area contributed by atoms with Crippen LogP contribution in [0.15, 0.2) is 41.3 Å². The number of rotatable bonds is 5. The van der Waals surface area contributed by atoms with E-state index in [1.54, 1.807) is 6.92 Å². The predicted octanol–water partition coefficient (Wildman–Crippen LogP) is 2.80. The van der Waals surface area contributed by atoms with Crippen molar-refractivity contribution in [3.63, 3.8) is 0 Å². The maximum Gasteiger partial charge on any atom is 0.338 e. The lowest BCUT2D eigenvalue weighted by Crippen LogP contribution is -2.16. The summed E-state index contributed by atoms with van der Waals surface area (Å²) in [6.45, 7) is 3.11. The molecule has 0 aliphatic heterocycles. The number of methoxy groups -OCH3 is 1. The van der Waals surface area contributed by atoms with Gasteiger partial charge < -0.3 is 4.74 Å². The molecule has 0 amide bonds. The van der Waals surface area contributed by atoms with E-state index >= 15 is 0 Å². The number of hydrogen-bond acceptors (Lipinski definition) is 6. The van der Waals surface area contributed by atoms with Crippen LogP contribution in [-0.2, 0) is 14.8 Å². The zero-order valence-corrected chi connectivity index (χ0v) is 14.6. The number of esters is 1. The minimum Gasteiger partial charge on any atom is -0.465 e. The third kappa shape index (κ3) is 3.77. The number of sulfonamides is 1. The van der Waals surface area contributed by atoms with Crippen molar-refractivity contribution >= 4 is 27.4 Å². The number of aryl methyl sites for hydroxylation is 1. The van der Waals surface area contributed by atoms with Crippen LogP contribution in [-0.4, -0.2) is 26.4 Å². The van der Waals surface area contributed by atoms with Gasteiger partial charge in [0.25, 0.3) is 15.7 Å². The van der Waals surface area contributed by atoms with Crippen molar-refractivity contribution in [1.29, 1.82) is 0 Å². The lowest BCUT2D eigenvalue weighted by molar-refractivity contribution is -0.385. The molecular formula is C16H16N2O6S. The number of ether oxygens (including phenoxy) is 1. The Balaban J connectivity index is 2.49. The van der Waals surface area contributed by atoms with Crippen molar-refractivity contribution in [2.24, 2.45) is 0 Å². The molecule has 0 bridgehead atoms. The molecule has 0 radical (unpaired) electrons. The summed E-state index contributed by atoms with van der Waals surface area (Å²) in [5.41, 5.74) is 0.833. The fraction of sp³-hybridized carbons (Fsp3) is 0.188. The van der Waals surface area contributed by atoms with Gasteiger partial charge in [-0.1, -0.05) is 12.1 Å². The minimum atomic E-state index is -4.08. The first-order valence-corrected chi connectivity index (χ1v) is 8.61. The maximum atomic E-state index is 12.7. The van der Waals surface area contributed by atoms with Crippen LogP contribution in [0.3, 0.4) is 0 Å². The number of carbonyl (C=O) groups excluding carboxylic acids is 1. The van der Waals surface area contributed by atoms with Crippen LogP contribution in [0, 0.1) is 24.0 Å². The topological polar surface area (TPSA) is 116 Å². The highest BCUT2D eigenvalue weighted by Gasteiger charge is 2.22. The Bertz CT molecular complexity index is 953. The zero-order chi connectivity index (χ0) is 18.8. The molecule has 0 saturated carbocycles. The van der Waals surface area contributed by atoms with Gasteiger partial charge in [0.1, 0.15) is 0 Å². The first-order valence-electron chi connectivity index (χ1n) is 7.13. The number of nitro benzene ring substituents is 1. The van der Waals surface area contributed by atoms with Crippen molar-refractivity contribution in [3.8, 4) is 0 Å². The van der Waals surface area contributed by atoms with E-state index in [1.807, 2.05) is 0 Å². The average molecular weight is 364 g/mol. The van der Waals surface area contributed by atoms with Gasteiger partial charge in [0.2, 0.25) is 0 Å². The highest BCUT2D eigenvalue weighted by atomic mass is 32.2. The first kappa shape index (κ1) is 18.4. The van der Waals surface area contributed by atoms with Gasteiger partial charge in [-0.25, -0.2) is 13.2 Å². The Morgan fingerprint density at radius 1 is 1.20 bits per heavy atom. The van der Waals surface area contributed by atoms with E-state index in [-0.39, 0.29) is 21.8 Å². The molecule has 0 spiro atoms. The van der Waals surface area contributed by atoms with Crippen molar-refractivity contribution in [2.75, 3.05) is 11.8 Å². The summed E-state index contributed by atoms with van der Waals surface area (Å²) in [5.74, 6) is -0.593. The Kier molecular flexibility index (Phi) is 5.07. The normalized spacial score (nSPS) is 11.0. The molecule has 8 nitrogen and oxygen atoms in total. The molecule has 25 heavy (non-hydrogen) atoms. The van der Waals surface area contributed by atoms with Gasteiger partial charge in [0.05, 0.1) is 28.2 Å². The van der Waals surface area contributed by atoms with E-state index < -0.39 is 20.9 Å². The third-order valence-corrected chi connectivity index (χ3v) is 5.16. The van der Waals surface area contributed by atoms with Crippen LogP contribution in [0.2, 0.25) is 0 Å². The van der Waals surface area contributed by atoms with Gasteiger partial charge in [0.15, 0.2) is 0 Å². The second-order valence-electron chi connectivity index (χ2n) is 5.28. The smallest absolute Gasteiger partial charge is 0.338 e. The van der Waals surface area contributed by atoms with Crippen LogP contribution < -0.4 is 4.72 Å². The van der Waals surface area contributed by atoms with E-state index in [4.69, 9.17) is 0 Å². The van der Waals surface area contributed by atoms with Crippen molar-refractivity contribution in [1.82, 2.24) is 0 Å². The van der Waals surface area contributed by atoms with Gasteiger partial charge in [-0.05, 0) is 37.1 Å². The summed E-state index contributed by atoms with van der Waals surface area (Å²) in [6.07, 6.45) is 0. The number of hydrogen-bond donors (Lipinski definition) is 1. The standard InChI is InChI=1S/C16H16N2O6S/c1-10-7-8-12(18(20)21)9-15(10)25(22,23)17-14-6-4-5-13(11(14)2)16(19)24-3/h4-9,17H,1-3H3. The van der Waals surface area contributed by atoms with Crippen LogP contribution in [0.4, 0.5) is 11.4 Å². The molecule has 0 aromatic heterocycles. The van der Waals surface area contributed by atoms with Crippen LogP contribution in [0.25, 0.3) is 0 Å². The molecule has 1 N–H and O–H groups in total. The highest BCUT2D eigenvalue weighted by molar-refractivity contribution is 7.92. The van der Waals surface area contributed by atoms with Gasteiger partial charge in [-0.15, -0.1) is 0 Å². The second-order valence-corrected chi connectivity index (χ2v) is 6.93. The Morgan fingerprint density at radius 2 is 1.88 bits per heavy atom. The SMILES string of the molecule is COC(=O)c1cccc(NS(=O)(=O)c2cc([N+](=O)[O-])ccc2C)c1C. The van der Waals surface area contributed by atoms with Crippen LogP contribution in [0.5, 0.6) is 0 Å². The molecule has 0 heterocycles. The molecule has 0 saturated heterocycles. The maximum absolute atomic E-state index is 12.7. The molecule has 2 rings (SSSR count). The van der Waals surface area contributed by atoms with E-state index in [1.165, 1.54) is 44.4 Å². The molecule has 2 aromatic carbocycles. The van der Waals surface area contributed by atoms with Crippen LogP contribution in [0.1, 0.15) is 21.5 Å². The summed E-state index contributed by atoms with van der Waals surface area (Å²) in [5, 5.41) is 10.9. The number of nitro groups is 1. The molecule has 0 atom stereocenters. The zero-order valence-electron chi connectivity index (χ0n) is 13.8. The molecule has 0 aliphatic carbocycles. The Morgan fingerprint density at radius 3 is 2.48 bits per heavy atom. The molecule has 2 aromatic rings. The number of anilines is 1. The highest BCUT2D eigenvalue weighted by Crippen LogP contribution is 2.26. The van der Waals surface area contributed by atoms with Crippen molar-refractivity contribution < 1.29 is 22.9 Å². The summed E-state index contributed by atoms with van der Waals surface area (Å²) in [4.78, 5) is 21.7. The number of non-ortho nitro benzene ring substituents is 1. The average Bonchev–Trinajstić information content (AvgIpc) is 2.56. The summed E-state index contributed by atoms with van der Waals surface area (Å²) in [6, 6.07) is 8.11. The molecule has 0 fully saturated rings. The van der Waals surface area contributed by atoms with E-state index in [2.05, 4.69) is 9.46 Å². The Labute approximate surface area is 144 Å². The minimum absolute atomic E-state index is 0.189. The van der Waals surface area contributed by atoms with Crippen molar-refractivity contribution in [2.45, 2.75) is 18.7 Å². The molecular weight excluding hydrogens is 348 g/mol. The van der Waals surface area contributed by atoms with E-state index in [0.29, 0.717) is 11.1 Å². The first-order chi connectivity index (χ1) is 11.7. The number of benzene rings is 2. The molecule has 9 heteroatoms. The van der Waals surface area contributed by atoms with Gasteiger partial charge in [-0.2, -0.15) is 0 Å². The quantitative estimate of drug-likeness (QED) is 0.495. The lowest BCUT2D eigenvalue weighted by atomic mass is 10.1. The molecule has 132 valence electrons. The number of nitrogens with one attached hydrogen (secondary N) is 1. The predicted molar refractivity (Wildman–Crippen MR) is 91.2 cm³/mol. The molecule has 0 aliphatic rings. The second kappa shape index (κ2) is 6.89. The van der Waals surface area contributed by atoms with Crippen LogP contribution >= 0.6 is 0 Å². The van der Waals surface area contributed by atoms with Gasteiger partial charge in [-0.3, -0.25) is 14.8 Å². The monoisotopic (exact) mass is 364 g/mol. The lowest BCUT2D eigenvalue weighted by Gasteiger charge is -2.14. The van der Waals surface area contributed by atoms with Gasteiger partial charge >= 0.3 is 5.97 Å². The summed E-state index contributed by atoms with van der Waals surface area (Å²) < 4.78 is 32.3. The van der Waals surface area contributed by atoms with Gasteiger partial charge in [0, 0.05) is 12.1 Å². The third-order valence-electron chi connectivity index (χ3n) is 3.66. The molecule has 0 unspecified atom stereocenters. The number of carbonyl (C=O) groups is 1. The van der Waals surface area contributed by atoms with E-state index in [0.717, 1.165) is 6.07 Å².